The first-order valence-corrected chi connectivity index (χ1v) is 6.90. The normalized spacial score (nSPS) is 14.3. The zero-order valence-electron chi connectivity index (χ0n) is 12.7. The van der Waals surface area contributed by atoms with Gasteiger partial charge < -0.3 is 15.8 Å². The second-order valence-corrected chi connectivity index (χ2v) is 5.78. The maximum absolute atomic E-state index is 12.1. The molecular formula is C14H28N2O3. The zero-order chi connectivity index (χ0) is 15.0. The Morgan fingerprint density at radius 2 is 1.63 bits per heavy atom. The summed E-state index contributed by atoms with van der Waals surface area (Å²) in [6, 6.07) is -0.585. The molecule has 0 bridgehead atoms. The minimum absolute atomic E-state index is 0.160. The summed E-state index contributed by atoms with van der Waals surface area (Å²) >= 11 is 0. The minimum atomic E-state index is -0.585. The lowest BCUT2D eigenvalue weighted by Crippen LogP contribution is -2.46. The average Bonchev–Trinajstić information content (AvgIpc) is 2.33. The van der Waals surface area contributed by atoms with Crippen molar-refractivity contribution in [1.29, 1.82) is 0 Å². The number of hydrogen-bond donors (Lipinski definition) is 2. The number of rotatable bonds is 8. The number of carbonyl (C=O) groups excluding carboxylic acids is 2. The van der Waals surface area contributed by atoms with Gasteiger partial charge in [-0.15, -0.1) is 0 Å². The number of nitrogens with two attached hydrogens (primary N) is 1. The van der Waals surface area contributed by atoms with Gasteiger partial charge in [0.25, 0.3) is 0 Å². The molecule has 19 heavy (non-hydrogen) atoms. The van der Waals surface area contributed by atoms with Crippen molar-refractivity contribution in [3.63, 3.8) is 0 Å². The summed E-state index contributed by atoms with van der Waals surface area (Å²) < 4.78 is 4.72. The van der Waals surface area contributed by atoms with Crippen LogP contribution in [0.25, 0.3) is 0 Å². The van der Waals surface area contributed by atoms with Crippen LogP contribution in [0.5, 0.6) is 0 Å². The van der Waals surface area contributed by atoms with Crippen LogP contribution >= 0.6 is 0 Å². The van der Waals surface area contributed by atoms with Crippen LogP contribution in [0, 0.1) is 17.8 Å². The van der Waals surface area contributed by atoms with Crippen LogP contribution in [-0.4, -0.2) is 31.6 Å². The van der Waals surface area contributed by atoms with E-state index in [1.54, 1.807) is 0 Å². The molecule has 0 saturated carbocycles. The number of carbonyl (C=O) groups is 2. The van der Waals surface area contributed by atoms with E-state index in [1.807, 2.05) is 27.7 Å². The Hall–Kier alpha value is -1.10. The molecule has 0 saturated heterocycles. The molecule has 2 unspecified atom stereocenters. The van der Waals surface area contributed by atoms with Crippen LogP contribution in [0.2, 0.25) is 0 Å². The molecule has 1 amide bonds. The highest BCUT2D eigenvalue weighted by Crippen LogP contribution is 2.12. The largest absolute Gasteiger partial charge is 0.467 e. The van der Waals surface area contributed by atoms with Gasteiger partial charge in [0.1, 0.15) is 6.04 Å². The third-order valence-corrected chi connectivity index (χ3v) is 2.92. The number of hydrogen-bond acceptors (Lipinski definition) is 4. The Morgan fingerprint density at radius 3 is 2.00 bits per heavy atom. The smallest absolute Gasteiger partial charge is 0.328 e. The number of methoxy groups -OCH3 is 1. The molecule has 112 valence electrons. The van der Waals surface area contributed by atoms with E-state index in [4.69, 9.17) is 10.5 Å². The van der Waals surface area contributed by atoms with E-state index in [9.17, 15) is 9.59 Å². The standard InChI is InChI=1S/C14H28N2O3/c1-9(2)6-11(8-15)13(17)16-12(7-10(3)4)14(18)19-5/h9-12H,6-8,15H2,1-5H3,(H,16,17). The number of nitrogens with one attached hydrogen (secondary N) is 1. The highest BCUT2D eigenvalue weighted by Gasteiger charge is 2.26. The van der Waals surface area contributed by atoms with Gasteiger partial charge in [0, 0.05) is 6.54 Å². The summed E-state index contributed by atoms with van der Waals surface area (Å²) in [5.41, 5.74) is 5.63. The summed E-state index contributed by atoms with van der Waals surface area (Å²) in [5, 5.41) is 2.76. The van der Waals surface area contributed by atoms with Gasteiger partial charge in [-0.1, -0.05) is 27.7 Å². The van der Waals surface area contributed by atoms with Crippen LogP contribution in [0.1, 0.15) is 40.5 Å². The van der Waals surface area contributed by atoms with E-state index < -0.39 is 12.0 Å². The molecule has 0 fully saturated rings. The Bertz CT molecular complexity index is 290. The van der Waals surface area contributed by atoms with Crippen molar-refractivity contribution in [2.45, 2.75) is 46.6 Å². The summed E-state index contributed by atoms with van der Waals surface area (Å²) in [5.74, 6) is -0.124. The van der Waals surface area contributed by atoms with Crippen molar-refractivity contribution in [1.82, 2.24) is 5.32 Å². The van der Waals surface area contributed by atoms with Crippen molar-refractivity contribution < 1.29 is 14.3 Å². The van der Waals surface area contributed by atoms with E-state index in [-0.39, 0.29) is 11.8 Å². The number of amides is 1. The molecule has 0 aliphatic heterocycles. The highest BCUT2D eigenvalue weighted by atomic mass is 16.5. The Balaban J connectivity index is 4.63. The van der Waals surface area contributed by atoms with Gasteiger partial charge in [-0.25, -0.2) is 4.79 Å². The van der Waals surface area contributed by atoms with Crippen molar-refractivity contribution in [2.75, 3.05) is 13.7 Å². The lowest BCUT2D eigenvalue weighted by Gasteiger charge is -2.22. The lowest BCUT2D eigenvalue weighted by atomic mass is 9.95. The first-order valence-electron chi connectivity index (χ1n) is 6.90. The molecule has 0 aromatic rings. The van der Waals surface area contributed by atoms with E-state index >= 15 is 0 Å². The van der Waals surface area contributed by atoms with Gasteiger partial charge in [-0.2, -0.15) is 0 Å². The van der Waals surface area contributed by atoms with Gasteiger partial charge in [-0.3, -0.25) is 4.79 Å². The van der Waals surface area contributed by atoms with E-state index in [1.165, 1.54) is 7.11 Å². The monoisotopic (exact) mass is 272 g/mol. The van der Waals surface area contributed by atoms with Crippen LogP contribution in [-0.2, 0) is 14.3 Å². The fourth-order valence-corrected chi connectivity index (χ4v) is 2.00. The fourth-order valence-electron chi connectivity index (χ4n) is 2.00. The molecule has 0 aromatic heterocycles. The Labute approximate surface area is 116 Å². The summed E-state index contributed by atoms with van der Waals surface area (Å²) in [6.07, 6.45) is 1.29. The molecule has 2 atom stereocenters. The van der Waals surface area contributed by atoms with E-state index in [2.05, 4.69) is 5.32 Å². The topological polar surface area (TPSA) is 81.4 Å². The molecule has 0 radical (unpaired) electrons. The highest BCUT2D eigenvalue weighted by molar-refractivity contribution is 5.85. The lowest BCUT2D eigenvalue weighted by molar-refractivity contribution is -0.146. The third-order valence-electron chi connectivity index (χ3n) is 2.92. The second-order valence-electron chi connectivity index (χ2n) is 5.78. The van der Waals surface area contributed by atoms with Gasteiger partial charge >= 0.3 is 5.97 Å². The molecule has 0 spiro atoms. The molecule has 0 rings (SSSR count). The number of ether oxygens (including phenoxy) is 1. The molecule has 0 heterocycles. The summed E-state index contributed by atoms with van der Waals surface area (Å²) in [6.45, 7) is 8.37. The van der Waals surface area contributed by atoms with Gasteiger partial charge in [0.05, 0.1) is 13.0 Å². The Morgan fingerprint density at radius 1 is 1.11 bits per heavy atom. The third kappa shape index (κ3) is 7.15. The van der Waals surface area contributed by atoms with Crippen molar-refractivity contribution in [3.8, 4) is 0 Å². The number of esters is 1. The van der Waals surface area contributed by atoms with Crippen LogP contribution < -0.4 is 11.1 Å². The van der Waals surface area contributed by atoms with Crippen molar-refractivity contribution in [3.05, 3.63) is 0 Å². The summed E-state index contributed by atoms with van der Waals surface area (Å²) in [7, 11) is 1.33. The summed E-state index contributed by atoms with van der Waals surface area (Å²) in [4.78, 5) is 23.8. The van der Waals surface area contributed by atoms with E-state index in [0.717, 1.165) is 6.42 Å². The fraction of sp³-hybridized carbons (Fsp3) is 0.857. The van der Waals surface area contributed by atoms with Gasteiger partial charge in [0.15, 0.2) is 0 Å². The molecule has 5 nitrogen and oxygen atoms in total. The zero-order valence-corrected chi connectivity index (χ0v) is 12.7. The van der Waals surface area contributed by atoms with Crippen LogP contribution in [0.15, 0.2) is 0 Å². The van der Waals surface area contributed by atoms with Gasteiger partial charge in [0.2, 0.25) is 5.91 Å². The quantitative estimate of drug-likeness (QED) is 0.653. The van der Waals surface area contributed by atoms with Crippen molar-refractivity contribution in [2.24, 2.45) is 23.5 Å². The first-order chi connectivity index (χ1) is 8.81. The minimum Gasteiger partial charge on any atom is -0.467 e. The molecule has 0 aromatic carbocycles. The first kappa shape index (κ1) is 17.9. The second kappa shape index (κ2) is 8.91. The van der Waals surface area contributed by atoms with E-state index in [0.29, 0.717) is 24.8 Å². The Kier molecular flexibility index (Phi) is 8.39. The average molecular weight is 272 g/mol. The predicted molar refractivity (Wildman–Crippen MR) is 75.4 cm³/mol. The molecule has 5 heteroatoms. The molecule has 3 N–H and O–H groups in total. The predicted octanol–water partition coefficient (Wildman–Crippen LogP) is 1.31. The van der Waals surface area contributed by atoms with Crippen molar-refractivity contribution >= 4 is 11.9 Å². The maximum Gasteiger partial charge on any atom is 0.328 e. The SMILES string of the molecule is COC(=O)C(CC(C)C)NC(=O)C(CN)CC(C)C. The molecular weight excluding hydrogens is 244 g/mol. The van der Waals surface area contributed by atoms with Crippen LogP contribution in [0.3, 0.4) is 0 Å². The molecule has 0 aliphatic rings. The van der Waals surface area contributed by atoms with Crippen LogP contribution in [0.4, 0.5) is 0 Å². The van der Waals surface area contributed by atoms with Gasteiger partial charge in [-0.05, 0) is 24.7 Å². The molecule has 0 aliphatic carbocycles. The maximum atomic E-state index is 12.1.